The quantitative estimate of drug-likeness (QED) is 0.640. The molecular formula is C24H36O2. The summed E-state index contributed by atoms with van der Waals surface area (Å²) < 4.78 is 0. The van der Waals surface area contributed by atoms with Crippen LogP contribution in [0.15, 0.2) is 37.5 Å². The van der Waals surface area contributed by atoms with E-state index in [2.05, 4.69) is 32.7 Å². The van der Waals surface area contributed by atoms with Crippen molar-refractivity contribution >= 4 is 5.78 Å². The van der Waals surface area contributed by atoms with Gasteiger partial charge in [-0.3, -0.25) is 0 Å². The van der Waals surface area contributed by atoms with E-state index < -0.39 is 5.60 Å². The normalized spacial score (nSPS) is 44.9. The molecule has 1 N–H and O–H groups in total. The van der Waals surface area contributed by atoms with Gasteiger partial charge in [0.05, 0.1) is 5.60 Å². The predicted octanol–water partition coefficient (Wildman–Crippen LogP) is 5.48. The summed E-state index contributed by atoms with van der Waals surface area (Å²) in [5.74, 6) is 2.94. The van der Waals surface area contributed by atoms with Crippen LogP contribution in [0.5, 0.6) is 0 Å². The average Bonchev–Trinajstić information content (AvgIpc) is 2.87. The molecule has 0 radical (unpaired) electrons. The third kappa shape index (κ3) is 2.95. The van der Waals surface area contributed by atoms with E-state index in [9.17, 15) is 9.90 Å². The number of hydrogen-bond donors (Lipinski definition) is 1. The number of carbonyl (C=O) groups excluding carboxylic acids is 1. The zero-order valence-corrected chi connectivity index (χ0v) is 16.7. The Kier molecular flexibility index (Phi) is 5.36. The molecule has 0 aromatic rings. The van der Waals surface area contributed by atoms with Crippen LogP contribution in [-0.4, -0.2) is 16.5 Å². The molecule has 26 heavy (non-hydrogen) atoms. The smallest absolute Gasteiger partial charge is 0.129 e. The second-order valence-electron chi connectivity index (χ2n) is 9.43. The zero-order valence-electron chi connectivity index (χ0n) is 16.7. The second kappa shape index (κ2) is 7.11. The van der Waals surface area contributed by atoms with Gasteiger partial charge in [-0.1, -0.05) is 31.2 Å². The third-order valence-corrected chi connectivity index (χ3v) is 8.28. The molecule has 0 heterocycles. The van der Waals surface area contributed by atoms with E-state index in [-0.39, 0.29) is 11.2 Å². The molecule has 2 heteroatoms. The van der Waals surface area contributed by atoms with E-state index in [0.29, 0.717) is 36.0 Å². The molecule has 3 fully saturated rings. The van der Waals surface area contributed by atoms with Crippen LogP contribution in [0.1, 0.15) is 65.2 Å². The molecule has 2 nitrogen and oxygen atoms in total. The van der Waals surface area contributed by atoms with Gasteiger partial charge in [-0.15, -0.1) is 13.2 Å². The Morgan fingerprint density at radius 2 is 2.08 bits per heavy atom. The van der Waals surface area contributed by atoms with Gasteiger partial charge in [0, 0.05) is 11.8 Å². The van der Waals surface area contributed by atoms with E-state index >= 15 is 0 Å². The minimum Gasteiger partial charge on any atom is -0.385 e. The summed E-state index contributed by atoms with van der Waals surface area (Å²) in [7, 11) is 0. The minimum atomic E-state index is -0.748. The van der Waals surface area contributed by atoms with Crippen LogP contribution in [0, 0.1) is 35.0 Å². The van der Waals surface area contributed by atoms with E-state index in [1.54, 1.807) is 13.0 Å². The van der Waals surface area contributed by atoms with Crippen molar-refractivity contribution in [2.45, 2.75) is 70.8 Å². The summed E-state index contributed by atoms with van der Waals surface area (Å²) in [6.45, 7) is 16.5. The molecular weight excluding hydrogens is 320 g/mol. The van der Waals surface area contributed by atoms with Crippen molar-refractivity contribution < 1.29 is 9.90 Å². The minimum absolute atomic E-state index is 0.0998. The summed E-state index contributed by atoms with van der Waals surface area (Å²) >= 11 is 0. The van der Waals surface area contributed by atoms with Crippen molar-refractivity contribution in [1.82, 2.24) is 0 Å². The fraction of sp³-hybridized carbons (Fsp3) is 0.708. The first-order valence-electron chi connectivity index (χ1n) is 10.4. The lowest BCUT2D eigenvalue weighted by molar-refractivity contribution is -0.117. The number of fused-ring (bicyclic) bond motifs is 3. The van der Waals surface area contributed by atoms with Crippen molar-refractivity contribution in [3.63, 3.8) is 0 Å². The van der Waals surface area contributed by atoms with Crippen molar-refractivity contribution in [2.75, 3.05) is 0 Å². The Morgan fingerprint density at radius 1 is 1.35 bits per heavy atom. The predicted molar refractivity (Wildman–Crippen MR) is 108 cm³/mol. The van der Waals surface area contributed by atoms with Gasteiger partial charge in [-0.2, -0.15) is 0 Å². The molecule has 7 atom stereocenters. The van der Waals surface area contributed by atoms with Crippen LogP contribution in [0.3, 0.4) is 0 Å². The van der Waals surface area contributed by atoms with Crippen molar-refractivity contribution in [3.05, 3.63) is 37.5 Å². The highest BCUT2D eigenvalue weighted by molar-refractivity contribution is 5.75. The molecule has 0 amide bonds. The van der Waals surface area contributed by atoms with Crippen LogP contribution in [0.4, 0.5) is 0 Å². The molecule has 0 spiro atoms. The van der Waals surface area contributed by atoms with Gasteiger partial charge < -0.3 is 9.90 Å². The molecule has 0 aromatic heterocycles. The lowest BCUT2D eigenvalue weighted by atomic mass is 9.48. The Morgan fingerprint density at radius 3 is 2.69 bits per heavy atom. The lowest BCUT2D eigenvalue weighted by Gasteiger charge is -2.57. The fourth-order valence-electron chi connectivity index (χ4n) is 6.87. The molecule has 144 valence electrons. The van der Waals surface area contributed by atoms with Crippen LogP contribution in [-0.2, 0) is 4.79 Å². The molecule has 0 aromatic carbocycles. The van der Waals surface area contributed by atoms with Crippen molar-refractivity contribution in [3.8, 4) is 0 Å². The summed E-state index contributed by atoms with van der Waals surface area (Å²) in [6, 6.07) is 0. The topological polar surface area (TPSA) is 37.3 Å². The number of aliphatic hydroxyl groups is 1. The fourth-order valence-corrected chi connectivity index (χ4v) is 6.87. The first-order chi connectivity index (χ1) is 12.3. The monoisotopic (exact) mass is 356 g/mol. The maximum atomic E-state index is 11.4. The molecule has 3 aliphatic carbocycles. The van der Waals surface area contributed by atoms with Gasteiger partial charge in [0.15, 0.2) is 0 Å². The number of hydrogen-bond acceptors (Lipinski definition) is 2. The maximum Gasteiger partial charge on any atom is 0.129 e. The highest BCUT2D eigenvalue weighted by Gasteiger charge is 2.62. The Bertz CT molecular complexity index is 605. The number of ketones is 1. The largest absolute Gasteiger partial charge is 0.385 e. The third-order valence-electron chi connectivity index (χ3n) is 8.28. The highest BCUT2D eigenvalue weighted by Crippen LogP contribution is 2.66. The Labute approximate surface area is 159 Å². The van der Waals surface area contributed by atoms with Crippen LogP contribution < -0.4 is 0 Å². The molecule has 0 bridgehead atoms. The molecule has 3 rings (SSSR count). The van der Waals surface area contributed by atoms with Gasteiger partial charge in [0.25, 0.3) is 0 Å². The van der Waals surface area contributed by atoms with E-state index in [0.717, 1.165) is 38.5 Å². The Balaban J connectivity index is 1.89. The number of Topliss-reactive ketones (excluding diaryl/α,β-unsaturated/α-hetero) is 1. The number of carbonyl (C=O) groups is 1. The van der Waals surface area contributed by atoms with Crippen LogP contribution in [0.2, 0.25) is 0 Å². The van der Waals surface area contributed by atoms with Crippen molar-refractivity contribution in [2.24, 2.45) is 35.0 Å². The van der Waals surface area contributed by atoms with Gasteiger partial charge in [-0.25, -0.2) is 0 Å². The maximum absolute atomic E-state index is 11.4. The first-order valence-corrected chi connectivity index (χ1v) is 10.4. The van der Waals surface area contributed by atoms with Gasteiger partial charge in [0.1, 0.15) is 5.78 Å². The van der Waals surface area contributed by atoms with Gasteiger partial charge >= 0.3 is 0 Å². The summed E-state index contributed by atoms with van der Waals surface area (Å²) in [5, 5.41) is 11.3. The summed E-state index contributed by atoms with van der Waals surface area (Å²) in [4.78, 5) is 11.4. The zero-order chi connectivity index (χ0) is 19.1. The molecule has 0 aliphatic heterocycles. The van der Waals surface area contributed by atoms with Crippen LogP contribution >= 0.6 is 0 Å². The highest BCUT2D eigenvalue weighted by atomic mass is 16.3. The number of rotatable bonds is 6. The summed E-state index contributed by atoms with van der Waals surface area (Å²) in [6.07, 6.45) is 11.8. The van der Waals surface area contributed by atoms with E-state index in [1.807, 2.05) is 0 Å². The standard InChI is InChI=1S/C24H36O2/c1-6-18-15-23(5)21(13-14-24(23,26)7-2)20-12-11-16(3)19(22(18)20)10-8-9-17(4)25/h6-7,18-22,26H,1-3,8-15H2,4-5H3/t18?,19?,20?,21?,22?,23?,24-/m0/s1. The summed E-state index contributed by atoms with van der Waals surface area (Å²) in [5.41, 5.74) is 0.530. The lowest BCUT2D eigenvalue weighted by Crippen LogP contribution is -2.54. The van der Waals surface area contributed by atoms with E-state index in [1.165, 1.54) is 12.0 Å². The van der Waals surface area contributed by atoms with Gasteiger partial charge in [-0.05, 0) is 81.5 Å². The molecule has 3 aliphatic rings. The Hall–Kier alpha value is -1.15. The van der Waals surface area contributed by atoms with Gasteiger partial charge in [0.2, 0.25) is 0 Å². The van der Waals surface area contributed by atoms with E-state index in [4.69, 9.17) is 0 Å². The average molecular weight is 357 g/mol. The number of allylic oxidation sites excluding steroid dienone is 2. The second-order valence-corrected chi connectivity index (χ2v) is 9.43. The molecule has 0 saturated heterocycles. The SMILES string of the molecule is C=CC1CC2(C)C(CC[C@@]2(O)C=C)C2CCC(=C)C(CCCC(C)=O)C12. The van der Waals surface area contributed by atoms with Crippen molar-refractivity contribution in [1.29, 1.82) is 0 Å². The molecule has 3 saturated carbocycles. The first kappa shape index (κ1) is 19.6. The van der Waals surface area contributed by atoms with Crippen LogP contribution in [0.25, 0.3) is 0 Å². The molecule has 6 unspecified atom stereocenters.